The Hall–Kier alpha value is -2.57. The molecule has 1 aliphatic heterocycles. The predicted molar refractivity (Wildman–Crippen MR) is 135 cm³/mol. The number of alkyl carbamates (subject to hydrolysis) is 1. The molecule has 2 aromatic rings. The molecular formula is C29H39N2O4+. The lowest BCUT2D eigenvalue weighted by molar-refractivity contribution is -0.925. The number of nitrogens with zero attached hydrogens (tertiary/aromatic N) is 1. The summed E-state index contributed by atoms with van der Waals surface area (Å²) in [5, 5.41) is 13.5. The van der Waals surface area contributed by atoms with Crippen molar-refractivity contribution >= 4 is 6.09 Å². The van der Waals surface area contributed by atoms with E-state index in [0.29, 0.717) is 0 Å². The Balaban J connectivity index is 1.37. The van der Waals surface area contributed by atoms with Crippen LogP contribution in [0.4, 0.5) is 4.79 Å². The summed E-state index contributed by atoms with van der Waals surface area (Å²) in [7, 11) is 4.24. The number of aromatic hydroxyl groups is 1. The number of nitrogens with one attached hydrogen (secondary N) is 1. The van der Waals surface area contributed by atoms with Crippen LogP contribution in [0, 0.1) is 5.92 Å². The number of hydrogen-bond acceptors (Lipinski definition) is 4. The SMILES string of the molecule is COC12CC[C@H](NC(=O)OCc3ccccc3)C[C@]1(c1cccc(O)c1)CC[N@+](C)(CC1CC1)C2. The summed E-state index contributed by atoms with van der Waals surface area (Å²) in [6.45, 7) is 3.51. The molecule has 1 amide bonds. The molecule has 1 unspecified atom stereocenters. The Morgan fingerprint density at radius 1 is 1.11 bits per heavy atom. The Labute approximate surface area is 208 Å². The highest BCUT2D eigenvalue weighted by molar-refractivity contribution is 5.67. The van der Waals surface area contributed by atoms with Crippen LogP contribution < -0.4 is 5.32 Å². The average molecular weight is 480 g/mol. The van der Waals surface area contributed by atoms with E-state index in [4.69, 9.17) is 9.47 Å². The maximum absolute atomic E-state index is 12.7. The third-order valence-corrected chi connectivity index (χ3v) is 8.80. The number of piperidine rings is 1. The van der Waals surface area contributed by atoms with Crippen molar-refractivity contribution in [3.05, 3.63) is 65.7 Å². The molecule has 6 nitrogen and oxygen atoms in total. The van der Waals surface area contributed by atoms with Gasteiger partial charge in [-0.3, -0.25) is 0 Å². The van der Waals surface area contributed by atoms with Gasteiger partial charge in [-0.05, 0) is 55.4 Å². The van der Waals surface area contributed by atoms with Crippen LogP contribution in [0.5, 0.6) is 5.75 Å². The Bertz CT molecular complexity index is 1040. The number of phenolic OH excluding ortho intramolecular Hbond substituents is 1. The molecule has 5 rings (SSSR count). The van der Waals surface area contributed by atoms with Gasteiger partial charge in [0.25, 0.3) is 0 Å². The fourth-order valence-electron chi connectivity index (χ4n) is 6.90. The summed E-state index contributed by atoms with van der Waals surface area (Å²) in [5.74, 6) is 1.12. The van der Waals surface area contributed by atoms with Crippen LogP contribution >= 0.6 is 0 Å². The van der Waals surface area contributed by atoms with Crippen LogP contribution in [0.25, 0.3) is 0 Å². The van der Waals surface area contributed by atoms with E-state index in [9.17, 15) is 9.90 Å². The maximum atomic E-state index is 12.7. The van der Waals surface area contributed by atoms with Gasteiger partial charge in [0, 0.05) is 30.9 Å². The number of rotatable bonds is 7. The molecule has 0 bridgehead atoms. The van der Waals surface area contributed by atoms with Gasteiger partial charge in [-0.25, -0.2) is 4.79 Å². The summed E-state index contributed by atoms with van der Waals surface area (Å²) in [5.41, 5.74) is 1.47. The van der Waals surface area contributed by atoms with E-state index in [1.807, 2.05) is 49.6 Å². The lowest BCUT2D eigenvalue weighted by atomic mass is 9.54. The van der Waals surface area contributed by atoms with Gasteiger partial charge in [0.15, 0.2) is 0 Å². The predicted octanol–water partition coefficient (Wildman–Crippen LogP) is 4.75. The molecule has 0 aromatic heterocycles. The Morgan fingerprint density at radius 2 is 1.91 bits per heavy atom. The largest absolute Gasteiger partial charge is 0.508 e. The average Bonchev–Trinajstić information content (AvgIpc) is 3.67. The summed E-state index contributed by atoms with van der Waals surface area (Å²) in [6.07, 6.45) is 5.77. The van der Waals surface area contributed by atoms with Crippen LogP contribution in [0.1, 0.15) is 49.7 Å². The van der Waals surface area contributed by atoms with Crippen molar-refractivity contribution in [1.29, 1.82) is 0 Å². The molecule has 3 aliphatic rings. The first-order valence-electron chi connectivity index (χ1n) is 13.0. The van der Waals surface area contributed by atoms with E-state index in [1.165, 1.54) is 19.4 Å². The number of ether oxygens (including phenoxy) is 2. The van der Waals surface area contributed by atoms with Crippen LogP contribution in [-0.4, -0.2) is 61.1 Å². The number of methoxy groups -OCH3 is 1. The van der Waals surface area contributed by atoms with Crippen molar-refractivity contribution < 1.29 is 23.9 Å². The van der Waals surface area contributed by atoms with Gasteiger partial charge >= 0.3 is 6.09 Å². The zero-order valence-corrected chi connectivity index (χ0v) is 21.0. The number of carbonyl (C=O) groups excluding carboxylic acids is 1. The van der Waals surface area contributed by atoms with Gasteiger partial charge in [0.05, 0.1) is 20.1 Å². The second-order valence-electron chi connectivity index (χ2n) is 11.4. The number of quaternary nitrogens is 1. The number of hydrogen-bond donors (Lipinski definition) is 2. The summed E-state index contributed by atoms with van der Waals surface area (Å²) in [6, 6.07) is 17.4. The molecule has 2 aromatic carbocycles. The smallest absolute Gasteiger partial charge is 0.407 e. The molecule has 0 spiro atoms. The fourth-order valence-corrected chi connectivity index (χ4v) is 6.90. The topological polar surface area (TPSA) is 67.8 Å². The van der Waals surface area contributed by atoms with Crippen LogP contribution in [-0.2, 0) is 21.5 Å². The number of benzene rings is 2. The minimum Gasteiger partial charge on any atom is -0.508 e. The normalized spacial score (nSPS) is 32.5. The Kier molecular flexibility index (Phi) is 6.53. The lowest BCUT2D eigenvalue weighted by Crippen LogP contribution is -2.72. The second-order valence-corrected chi connectivity index (χ2v) is 11.4. The first-order chi connectivity index (χ1) is 16.9. The molecule has 2 N–H and O–H groups in total. The molecule has 1 saturated heterocycles. The van der Waals surface area contributed by atoms with E-state index in [-0.39, 0.29) is 35.5 Å². The van der Waals surface area contributed by atoms with Crippen molar-refractivity contribution in [2.45, 2.75) is 62.2 Å². The molecule has 35 heavy (non-hydrogen) atoms. The molecule has 6 heteroatoms. The molecule has 188 valence electrons. The second kappa shape index (κ2) is 9.47. The minimum atomic E-state index is -0.375. The Morgan fingerprint density at radius 3 is 2.63 bits per heavy atom. The van der Waals surface area contributed by atoms with E-state index < -0.39 is 0 Å². The molecule has 3 fully saturated rings. The van der Waals surface area contributed by atoms with E-state index >= 15 is 0 Å². The third kappa shape index (κ3) is 4.91. The number of fused-ring (bicyclic) bond motifs is 1. The molecular weight excluding hydrogens is 440 g/mol. The number of likely N-dealkylation sites (tertiary alicyclic amines) is 1. The monoisotopic (exact) mass is 479 g/mol. The van der Waals surface area contributed by atoms with E-state index in [0.717, 1.165) is 60.3 Å². The quantitative estimate of drug-likeness (QED) is 0.562. The molecule has 4 atom stereocenters. The minimum absolute atomic E-state index is 0.0100. The highest BCUT2D eigenvalue weighted by atomic mass is 16.5. The number of phenols is 1. The van der Waals surface area contributed by atoms with Gasteiger partial charge < -0.3 is 24.4 Å². The first kappa shape index (κ1) is 24.1. The summed E-state index contributed by atoms with van der Waals surface area (Å²) in [4.78, 5) is 12.7. The lowest BCUT2D eigenvalue weighted by Gasteiger charge is -2.61. The number of likely N-dealkylation sites (N-methyl/N-ethyl adjacent to an activating group) is 1. The first-order valence-corrected chi connectivity index (χ1v) is 13.0. The van der Waals surface area contributed by atoms with Gasteiger partial charge in [0.2, 0.25) is 0 Å². The van der Waals surface area contributed by atoms with Gasteiger partial charge in [-0.2, -0.15) is 0 Å². The number of amides is 1. The molecule has 1 heterocycles. The molecule has 2 saturated carbocycles. The van der Waals surface area contributed by atoms with Crippen molar-refractivity contribution in [1.82, 2.24) is 5.32 Å². The van der Waals surface area contributed by atoms with Gasteiger partial charge in [0.1, 0.15) is 24.5 Å². The third-order valence-electron chi connectivity index (χ3n) is 8.80. The standard InChI is InChI=1S/C29H38N2O4/c1-31(19-22-11-12-22)16-15-28(24-9-6-10-26(32)17-24)18-25(13-14-29(28,21-31)34-2)30-27(33)35-20-23-7-4-3-5-8-23/h3-10,17,22,25H,11-16,18-21H2,1-2H3,(H-,30,32,33)/p+1/t25-,28-,29?,31+/m0/s1. The maximum Gasteiger partial charge on any atom is 0.407 e. The van der Waals surface area contributed by atoms with Crippen LogP contribution in [0.3, 0.4) is 0 Å². The fraction of sp³-hybridized carbons (Fsp3) is 0.552. The van der Waals surface area contributed by atoms with Crippen molar-refractivity contribution in [2.24, 2.45) is 5.92 Å². The highest BCUT2D eigenvalue weighted by Gasteiger charge is 2.63. The van der Waals surface area contributed by atoms with E-state index in [1.54, 1.807) is 6.07 Å². The van der Waals surface area contributed by atoms with Crippen molar-refractivity contribution in [2.75, 3.05) is 33.8 Å². The van der Waals surface area contributed by atoms with Crippen LogP contribution in [0.2, 0.25) is 0 Å². The molecule has 0 radical (unpaired) electrons. The van der Waals surface area contributed by atoms with Gasteiger partial charge in [-0.15, -0.1) is 0 Å². The summed E-state index contributed by atoms with van der Waals surface area (Å²) >= 11 is 0. The summed E-state index contributed by atoms with van der Waals surface area (Å²) < 4.78 is 13.1. The van der Waals surface area contributed by atoms with Crippen LogP contribution in [0.15, 0.2) is 54.6 Å². The van der Waals surface area contributed by atoms with Crippen molar-refractivity contribution in [3.8, 4) is 5.75 Å². The van der Waals surface area contributed by atoms with Crippen molar-refractivity contribution in [3.63, 3.8) is 0 Å². The number of carbonyl (C=O) groups is 1. The highest BCUT2D eigenvalue weighted by Crippen LogP contribution is 2.55. The van der Waals surface area contributed by atoms with Gasteiger partial charge in [-0.1, -0.05) is 42.5 Å². The zero-order chi connectivity index (χ0) is 24.5. The zero-order valence-electron chi connectivity index (χ0n) is 21.0. The van der Waals surface area contributed by atoms with E-state index in [2.05, 4.69) is 18.4 Å². The molecule has 2 aliphatic carbocycles.